The zero-order valence-corrected chi connectivity index (χ0v) is 13.6. The lowest BCUT2D eigenvalue weighted by Gasteiger charge is -2.34. The number of halogens is 1. The van der Waals surface area contributed by atoms with Crippen molar-refractivity contribution in [1.29, 1.82) is 0 Å². The van der Waals surface area contributed by atoms with E-state index in [0.717, 1.165) is 18.7 Å². The molecule has 1 fully saturated rings. The summed E-state index contributed by atoms with van der Waals surface area (Å²) in [6.45, 7) is 3.65. The molecule has 0 bridgehead atoms. The number of ether oxygens (including phenoxy) is 2. The quantitative estimate of drug-likeness (QED) is 0.788. The molecule has 1 aliphatic heterocycles. The molecule has 128 valence electrons. The van der Waals surface area contributed by atoms with Gasteiger partial charge in [-0.1, -0.05) is 6.07 Å². The minimum Gasteiger partial charge on any atom is -0.494 e. The molecule has 1 aliphatic rings. The SMILES string of the molecule is COc1ccc(CN2CCOC(CN(C)CC(N)=O)C2)cc1F. The molecule has 0 saturated carbocycles. The van der Waals surface area contributed by atoms with Crippen molar-refractivity contribution in [3.8, 4) is 5.75 Å². The summed E-state index contributed by atoms with van der Waals surface area (Å²) in [5, 5.41) is 0. The van der Waals surface area contributed by atoms with Gasteiger partial charge < -0.3 is 15.2 Å². The lowest BCUT2D eigenvalue weighted by molar-refractivity contribution is -0.119. The predicted octanol–water partition coefficient (Wildman–Crippen LogP) is 0.452. The van der Waals surface area contributed by atoms with Crippen molar-refractivity contribution in [2.75, 3.05) is 46.9 Å². The Morgan fingerprint density at radius 3 is 3.00 bits per heavy atom. The maximum absolute atomic E-state index is 13.8. The number of benzene rings is 1. The molecule has 0 aliphatic carbocycles. The van der Waals surface area contributed by atoms with E-state index in [-0.39, 0.29) is 30.1 Å². The molecule has 23 heavy (non-hydrogen) atoms. The van der Waals surface area contributed by atoms with Crippen LogP contribution in [-0.4, -0.2) is 68.8 Å². The highest BCUT2D eigenvalue weighted by Crippen LogP contribution is 2.19. The molecule has 6 nitrogen and oxygen atoms in total. The van der Waals surface area contributed by atoms with Gasteiger partial charge in [0.05, 0.1) is 26.4 Å². The molecule has 1 amide bonds. The Morgan fingerprint density at radius 1 is 1.57 bits per heavy atom. The Labute approximate surface area is 135 Å². The number of methoxy groups -OCH3 is 1. The van der Waals surface area contributed by atoms with E-state index >= 15 is 0 Å². The van der Waals surface area contributed by atoms with Gasteiger partial charge in [0.25, 0.3) is 0 Å². The van der Waals surface area contributed by atoms with E-state index in [9.17, 15) is 9.18 Å². The fraction of sp³-hybridized carbons (Fsp3) is 0.562. The number of carbonyl (C=O) groups excluding carboxylic acids is 1. The van der Waals surface area contributed by atoms with E-state index in [2.05, 4.69) is 4.90 Å². The zero-order valence-electron chi connectivity index (χ0n) is 13.6. The van der Waals surface area contributed by atoms with Crippen LogP contribution in [0.15, 0.2) is 18.2 Å². The van der Waals surface area contributed by atoms with Crippen LogP contribution in [0.1, 0.15) is 5.56 Å². The molecule has 1 saturated heterocycles. The van der Waals surface area contributed by atoms with E-state index in [1.807, 2.05) is 18.0 Å². The number of primary amides is 1. The summed E-state index contributed by atoms with van der Waals surface area (Å²) in [7, 11) is 3.29. The van der Waals surface area contributed by atoms with Gasteiger partial charge in [0.15, 0.2) is 11.6 Å². The van der Waals surface area contributed by atoms with Gasteiger partial charge in [0.2, 0.25) is 5.91 Å². The van der Waals surface area contributed by atoms with Crippen molar-refractivity contribution in [2.24, 2.45) is 5.73 Å². The number of carbonyl (C=O) groups is 1. The number of hydrogen-bond donors (Lipinski definition) is 1. The van der Waals surface area contributed by atoms with E-state index < -0.39 is 0 Å². The highest BCUT2D eigenvalue weighted by Gasteiger charge is 2.22. The van der Waals surface area contributed by atoms with Crippen molar-refractivity contribution < 1.29 is 18.7 Å². The second-order valence-corrected chi connectivity index (χ2v) is 5.86. The summed E-state index contributed by atoms with van der Waals surface area (Å²) in [5.74, 6) is -0.452. The topological polar surface area (TPSA) is 68.0 Å². The molecule has 0 aromatic heterocycles. The first-order valence-electron chi connectivity index (χ1n) is 7.61. The van der Waals surface area contributed by atoms with E-state index in [4.69, 9.17) is 15.2 Å². The Balaban J connectivity index is 1.88. The zero-order chi connectivity index (χ0) is 16.8. The van der Waals surface area contributed by atoms with Crippen LogP contribution in [0.2, 0.25) is 0 Å². The molecule has 0 radical (unpaired) electrons. The third-order valence-electron chi connectivity index (χ3n) is 3.79. The summed E-state index contributed by atoms with van der Waals surface area (Å²) in [6, 6.07) is 5.01. The summed E-state index contributed by atoms with van der Waals surface area (Å²) in [6.07, 6.45) is 0.0104. The Kier molecular flexibility index (Phi) is 6.32. The van der Waals surface area contributed by atoms with Crippen LogP contribution in [0.25, 0.3) is 0 Å². The van der Waals surface area contributed by atoms with Crippen molar-refractivity contribution in [2.45, 2.75) is 12.6 Å². The van der Waals surface area contributed by atoms with Crippen LogP contribution >= 0.6 is 0 Å². The van der Waals surface area contributed by atoms with Gasteiger partial charge in [-0.2, -0.15) is 0 Å². The Morgan fingerprint density at radius 2 is 2.35 bits per heavy atom. The lowest BCUT2D eigenvalue weighted by Crippen LogP contribution is -2.47. The normalized spacial score (nSPS) is 19.0. The van der Waals surface area contributed by atoms with Gasteiger partial charge in [0, 0.05) is 26.2 Å². The second-order valence-electron chi connectivity index (χ2n) is 5.86. The average molecular weight is 325 g/mol. The van der Waals surface area contributed by atoms with Crippen LogP contribution in [0.5, 0.6) is 5.75 Å². The molecule has 1 atom stereocenters. The number of nitrogens with two attached hydrogens (primary N) is 1. The highest BCUT2D eigenvalue weighted by atomic mass is 19.1. The highest BCUT2D eigenvalue weighted by molar-refractivity contribution is 5.75. The van der Waals surface area contributed by atoms with E-state index in [1.54, 1.807) is 6.07 Å². The largest absolute Gasteiger partial charge is 0.494 e. The smallest absolute Gasteiger partial charge is 0.231 e. The van der Waals surface area contributed by atoms with Crippen molar-refractivity contribution in [1.82, 2.24) is 9.80 Å². The number of rotatable bonds is 7. The number of hydrogen-bond acceptors (Lipinski definition) is 5. The second kappa shape index (κ2) is 8.24. The summed E-state index contributed by atoms with van der Waals surface area (Å²) in [4.78, 5) is 15.0. The first-order valence-corrected chi connectivity index (χ1v) is 7.61. The Bertz CT molecular complexity index is 541. The summed E-state index contributed by atoms with van der Waals surface area (Å²) < 4.78 is 24.4. The monoisotopic (exact) mass is 325 g/mol. The van der Waals surface area contributed by atoms with E-state index in [1.165, 1.54) is 13.2 Å². The van der Waals surface area contributed by atoms with Crippen LogP contribution in [0, 0.1) is 5.82 Å². The third-order valence-corrected chi connectivity index (χ3v) is 3.79. The molecule has 1 unspecified atom stereocenters. The predicted molar refractivity (Wildman–Crippen MR) is 84.7 cm³/mol. The molecule has 1 aromatic carbocycles. The minimum absolute atomic E-state index is 0.0104. The van der Waals surface area contributed by atoms with Gasteiger partial charge in [0.1, 0.15) is 0 Å². The van der Waals surface area contributed by atoms with Crippen molar-refractivity contribution in [3.63, 3.8) is 0 Å². The molecule has 1 aromatic rings. The lowest BCUT2D eigenvalue weighted by atomic mass is 10.1. The van der Waals surface area contributed by atoms with E-state index in [0.29, 0.717) is 19.7 Å². The molecular weight excluding hydrogens is 301 g/mol. The van der Waals surface area contributed by atoms with Crippen LogP contribution in [0.3, 0.4) is 0 Å². The average Bonchev–Trinajstić information content (AvgIpc) is 2.47. The number of amides is 1. The van der Waals surface area contributed by atoms with Crippen LogP contribution in [-0.2, 0) is 16.1 Å². The number of morpholine rings is 1. The maximum atomic E-state index is 13.8. The van der Waals surface area contributed by atoms with Gasteiger partial charge in [-0.3, -0.25) is 14.6 Å². The third kappa shape index (κ3) is 5.46. The van der Waals surface area contributed by atoms with Gasteiger partial charge in [-0.05, 0) is 24.7 Å². The fourth-order valence-electron chi connectivity index (χ4n) is 2.78. The molecule has 1 heterocycles. The number of nitrogens with zero attached hydrogens (tertiary/aromatic N) is 2. The molecule has 7 heteroatoms. The number of likely N-dealkylation sites (N-methyl/N-ethyl adjacent to an activating group) is 1. The van der Waals surface area contributed by atoms with Crippen molar-refractivity contribution in [3.05, 3.63) is 29.6 Å². The standard InChI is InChI=1S/C16H24FN3O3/c1-19(11-16(18)21)9-13-10-20(5-6-23-13)8-12-3-4-15(22-2)14(17)7-12/h3-4,7,13H,5-6,8-11H2,1-2H3,(H2,18,21). The first-order chi connectivity index (χ1) is 11.0. The molecule has 2 N–H and O–H groups in total. The minimum atomic E-state index is -0.353. The van der Waals surface area contributed by atoms with Crippen LogP contribution < -0.4 is 10.5 Å². The van der Waals surface area contributed by atoms with Gasteiger partial charge in [-0.25, -0.2) is 4.39 Å². The van der Waals surface area contributed by atoms with Crippen LogP contribution in [0.4, 0.5) is 4.39 Å². The van der Waals surface area contributed by atoms with Gasteiger partial charge in [-0.15, -0.1) is 0 Å². The summed E-state index contributed by atoms with van der Waals surface area (Å²) in [5.41, 5.74) is 6.09. The molecular formula is C16H24FN3O3. The maximum Gasteiger partial charge on any atom is 0.231 e. The molecule has 2 rings (SSSR count). The summed E-state index contributed by atoms with van der Waals surface area (Å²) >= 11 is 0. The first kappa shape index (κ1) is 17.7. The Hall–Kier alpha value is -1.70. The molecule has 0 spiro atoms. The van der Waals surface area contributed by atoms with Gasteiger partial charge >= 0.3 is 0 Å². The fourth-order valence-corrected chi connectivity index (χ4v) is 2.78. The van der Waals surface area contributed by atoms with Crippen molar-refractivity contribution >= 4 is 5.91 Å².